The Morgan fingerprint density at radius 1 is 1.13 bits per heavy atom. The molecule has 1 heterocycles. The van der Waals surface area contributed by atoms with Crippen LogP contribution >= 0.6 is 23.2 Å². The second-order valence-electron chi connectivity index (χ2n) is 7.00. The Morgan fingerprint density at radius 2 is 1.74 bits per heavy atom. The molecule has 168 valence electrons. The predicted octanol–water partition coefficient (Wildman–Crippen LogP) is 7.43. The van der Waals surface area contributed by atoms with Gasteiger partial charge in [0.1, 0.15) is 17.0 Å². The van der Waals surface area contributed by atoms with E-state index in [9.17, 15) is 13.2 Å². The van der Waals surface area contributed by atoms with Crippen molar-refractivity contribution >= 4 is 45.9 Å². The predicted molar refractivity (Wildman–Crippen MR) is 117 cm³/mol. The lowest BCUT2D eigenvalue weighted by Crippen LogP contribution is -2.17. The summed E-state index contributed by atoms with van der Waals surface area (Å²) < 4.78 is 48.8. The van der Waals surface area contributed by atoms with Gasteiger partial charge in [-0.05, 0) is 30.4 Å². The molecule has 0 fully saturated rings. The summed E-state index contributed by atoms with van der Waals surface area (Å²) in [4.78, 5) is 4.65. The minimum atomic E-state index is -4.85. The number of hydrogen-bond donors (Lipinski definition) is 1. The minimum Gasteiger partial charge on any atom is -0.494 e. The first-order valence-electron chi connectivity index (χ1n) is 9.64. The van der Waals surface area contributed by atoms with Crippen LogP contribution in [0.2, 0.25) is 10.0 Å². The van der Waals surface area contributed by atoms with E-state index in [0.717, 1.165) is 36.1 Å². The molecular weight excluding hydrogens is 454 g/mol. The van der Waals surface area contributed by atoms with E-state index in [4.69, 9.17) is 27.9 Å². The van der Waals surface area contributed by atoms with Gasteiger partial charge in [0.15, 0.2) is 0 Å². The Hall–Kier alpha value is -2.32. The number of nitrogens with one attached hydrogen (secondary N) is 1. The summed E-state index contributed by atoms with van der Waals surface area (Å²) >= 11 is 12.4. The van der Waals surface area contributed by atoms with Crippen LogP contribution in [0.4, 0.5) is 24.8 Å². The van der Waals surface area contributed by atoms with Gasteiger partial charge < -0.3 is 19.4 Å². The third-order valence-corrected chi connectivity index (χ3v) is 5.74. The quantitative estimate of drug-likeness (QED) is 0.385. The van der Waals surface area contributed by atoms with Crippen molar-refractivity contribution < 1.29 is 22.6 Å². The number of methoxy groups -OCH3 is 1. The zero-order chi connectivity index (χ0) is 22.9. The molecule has 31 heavy (non-hydrogen) atoms. The van der Waals surface area contributed by atoms with Crippen LogP contribution < -0.4 is 14.8 Å². The van der Waals surface area contributed by atoms with Crippen LogP contribution in [-0.2, 0) is 7.05 Å². The second-order valence-corrected chi connectivity index (χ2v) is 7.81. The Balaban J connectivity index is 2.08. The van der Waals surface area contributed by atoms with E-state index in [1.807, 2.05) is 23.7 Å². The van der Waals surface area contributed by atoms with Crippen LogP contribution in [0.1, 0.15) is 38.2 Å². The molecule has 10 heteroatoms. The molecule has 0 aliphatic carbocycles. The first-order chi connectivity index (χ1) is 14.6. The van der Waals surface area contributed by atoms with Gasteiger partial charge >= 0.3 is 6.36 Å². The molecule has 0 unspecified atom stereocenters. The number of benzene rings is 2. The minimum absolute atomic E-state index is 0.0361. The molecule has 3 aromatic rings. The fourth-order valence-corrected chi connectivity index (χ4v) is 4.19. The van der Waals surface area contributed by atoms with Gasteiger partial charge in [0.25, 0.3) is 0 Å². The first kappa shape index (κ1) is 23.3. The molecule has 2 aromatic carbocycles. The van der Waals surface area contributed by atoms with Crippen LogP contribution in [0, 0.1) is 0 Å². The lowest BCUT2D eigenvalue weighted by atomic mass is 9.92. The van der Waals surface area contributed by atoms with E-state index in [1.165, 1.54) is 0 Å². The highest BCUT2D eigenvalue weighted by Gasteiger charge is 2.31. The molecule has 0 atom stereocenters. The lowest BCUT2D eigenvalue weighted by molar-refractivity contribution is -0.274. The second kappa shape index (κ2) is 9.04. The highest BCUT2D eigenvalue weighted by atomic mass is 35.5. The summed E-state index contributed by atoms with van der Waals surface area (Å²) in [5.74, 6) is 0.859. The molecule has 0 saturated heterocycles. The van der Waals surface area contributed by atoms with Gasteiger partial charge in [-0.1, -0.05) is 43.1 Å². The molecule has 0 saturated carbocycles. The number of ether oxygens (including phenoxy) is 2. The molecule has 0 radical (unpaired) electrons. The van der Waals surface area contributed by atoms with E-state index in [2.05, 4.69) is 28.9 Å². The molecule has 0 amide bonds. The number of nitrogens with zero attached hydrogens (tertiary/aromatic N) is 2. The van der Waals surface area contributed by atoms with Crippen LogP contribution in [0.5, 0.6) is 11.5 Å². The van der Waals surface area contributed by atoms with E-state index in [1.54, 1.807) is 7.11 Å². The molecule has 0 aliphatic rings. The van der Waals surface area contributed by atoms with Gasteiger partial charge in [-0.25, -0.2) is 4.98 Å². The zero-order valence-electron chi connectivity index (χ0n) is 17.4. The highest BCUT2D eigenvalue weighted by molar-refractivity contribution is 6.39. The molecule has 0 bridgehead atoms. The fourth-order valence-electron chi connectivity index (χ4n) is 3.63. The molecule has 1 aromatic heterocycles. The zero-order valence-corrected chi connectivity index (χ0v) is 18.9. The lowest BCUT2D eigenvalue weighted by Gasteiger charge is -2.16. The third-order valence-electron chi connectivity index (χ3n) is 5.15. The average molecular weight is 476 g/mol. The number of fused-ring (bicyclic) bond motifs is 1. The van der Waals surface area contributed by atoms with Gasteiger partial charge in [0.2, 0.25) is 5.95 Å². The van der Waals surface area contributed by atoms with Gasteiger partial charge in [0.05, 0.1) is 28.4 Å². The Morgan fingerprint density at radius 3 is 2.26 bits per heavy atom. The van der Waals surface area contributed by atoms with Gasteiger partial charge in [0, 0.05) is 19.2 Å². The number of aryl methyl sites for hydroxylation is 1. The van der Waals surface area contributed by atoms with E-state index < -0.39 is 12.1 Å². The van der Waals surface area contributed by atoms with E-state index in [-0.39, 0.29) is 15.7 Å². The normalized spacial score (nSPS) is 11.9. The number of alkyl halides is 3. The number of anilines is 2. The maximum absolute atomic E-state index is 12.5. The van der Waals surface area contributed by atoms with Crippen molar-refractivity contribution in [1.29, 1.82) is 0 Å². The average Bonchev–Trinajstić information content (AvgIpc) is 3.01. The number of aromatic nitrogens is 2. The van der Waals surface area contributed by atoms with Crippen molar-refractivity contribution in [3.63, 3.8) is 0 Å². The summed E-state index contributed by atoms with van der Waals surface area (Å²) in [6.07, 6.45) is -2.92. The van der Waals surface area contributed by atoms with Crippen LogP contribution in [-0.4, -0.2) is 23.0 Å². The van der Waals surface area contributed by atoms with Crippen LogP contribution in [0.15, 0.2) is 24.3 Å². The van der Waals surface area contributed by atoms with Crippen molar-refractivity contribution in [2.24, 2.45) is 7.05 Å². The van der Waals surface area contributed by atoms with Crippen LogP contribution in [0.25, 0.3) is 11.0 Å². The van der Waals surface area contributed by atoms with Crippen molar-refractivity contribution in [2.75, 3.05) is 12.4 Å². The molecule has 3 rings (SSSR count). The monoisotopic (exact) mass is 475 g/mol. The van der Waals surface area contributed by atoms with Crippen molar-refractivity contribution in [2.45, 2.75) is 39.0 Å². The molecule has 1 N–H and O–H groups in total. The number of hydrogen-bond acceptors (Lipinski definition) is 4. The Kier molecular flexibility index (Phi) is 6.81. The van der Waals surface area contributed by atoms with E-state index in [0.29, 0.717) is 23.1 Å². The largest absolute Gasteiger partial charge is 0.573 e. The first-order valence-corrected chi connectivity index (χ1v) is 10.4. The number of rotatable bonds is 7. The van der Waals surface area contributed by atoms with Crippen LogP contribution in [0.3, 0.4) is 0 Å². The fraction of sp³-hybridized carbons (Fsp3) is 0.381. The Bertz CT molecular complexity index is 1070. The molecular formula is C21H22Cl2F3N3O2. The van der Waals surface area contributed by atoms with Gasteiger partial charge in [-0.2, -0.15) is 0 Å². The Labute approximate surface area is 188 Å². The maximum atomic E-state index is 12.5. The van der Waals surface area contributed by atoms with E-state index >= 15 is 0 Å². The SMILES string of the molecule is CCC(CC)c1ccc(OC)c2nc(Nc3c(Cl)cc(OC(F)(F)F)cc3Cl)n(C)c12. The summed E-state index contributed by atoms with van der Waals surface area (Å²) in [7, 11) is 3.41. The summed E-state index contributed by atoms with van der Waals surface area (Å²) in [5.41, 5.74) is 2.93. The smallest absolute Gasteiger partial charge is 0.494 e. The summed E-state index contributed by atoms with van der Waals surface area (Å²) in [6, 6.07) is 6.01. The maximum Gasteiger partial charge on any atom is 0.573 e. The molecule has 0 aliphatic heterocycles. The van der Waals surface area contributed by atoms with Crippen molar-refractivity contribution in [1.82, 2.24) is 9.55 Å². The topological polar surface area (TPSA) is 48.3 Å². The third kappa shape index (κ3) is 4.80. The molecule has 5 nitrogen and oxygen atoms in total. The van der Waals surface area contributed by atoms with Gasteiger partial charge in [-0.3, -0.25) is 0 Å². The van der Waals surface area contributed by atoms with Crippen molar-refractivity contribution in [3.8, 4) is 11.5 Å². The van der Waals surface area contributed by atoms with Gasteiger partial charge in [-0.15, -0.1) is 13.2 Å². The highest BCUT2D eigenvalue weighted by Crippen LogP contribution is 2.40. The summed E-state index contributed by atoms with van der Waals surface area (Å²) in [6.45, 7) is 4.26. The number of halogens is 5. The number of imidazole rings is 1. The standard InChI is InChI=1S/C21H22Cl2F3N3O2/c1-5-11(6-2)13-7-8-16(30-4)18-19(13)29(3)20(28-18)27-17-14(22)9-12(10-15(17)23)31-21(24,25)26/h7-11H,5-6H2,1-4H3,(H,27,28). The van der Waals surface area contributed by atoms with Crippen molar-refractivity contribution in [3.05, 3.63) is 39.9 Å². The summed E-state index contributed by atoms with van der Waals surface area (Å²) in [5, 5.41) is 2.97. The molecule has 0 spiro atoms.